The molecule has 1 aliphatic carbocycles. The van der Waals surface area contributed by atoms with Crippen LogP contribution in [-0.2, 0) is 14.8 Å². The second kappa shape index (κ2) is 7.85. The van der Waals surface area contributed by atoms with Gasteiger partial charge >= 0.3 is 0 Å². The van der Waals surface area contributed by atoms with Crippen molar-refractivity contribution in [3.8, 4) is 0 Å². The number of sulfonamides is 1. The van der Waals surface area contributed by atoms with Crippen molar-refractivity contribution in [2.45, 2.75) is 42.5 Å². The molecule has 2 aliphatic rings. The Hall–Kier alpha value is -1.51. The van der Waals surface area contributed by atoms with Gasteiger partial charge in [-0.2, -0.15) is 4.31 Å². The summed E-state index contributed by atoms with van der Waals surface area (Å²) in [6.07, 6.45) is 4.97. The fourth-order valence-corrected chi connectivity index (χ4v) is 5.63. The summed E-state index contributed by atoms with van der Waals surface area (Å²) in [6.45, 7) is 1.07. The average molecular weight is 398 g/mol. The molecule has 1 saturated carbocycles. The fourth-order valence-electron chi connectivity index (χ4n) is 4.13. The van der Waals surface area contributed by atoms with Crippen molar-refractivity contribution in [2.75, 3.05) is 33.7 Å². The van der Waals surface area contributed by atoms with Crippen molar-refractivity contribution >= 4 is 15.9 Å². The minimum atomic E-state index is -3.70. The van der Waals surface area contributed by atoms with Crippen molar-refractivity contribution in [3.05, 3.63) is 30.1 Å². The van der Waals surface area contributed by atoms with Crippen LogP contribution >= 0.6 is 0 Å². The van der Waals surface area contributed by atoms with Gasteiger partial charge in [0.1, 0.15) is 5.82 Å². The van der Waals surface area contributed by atoms with Gasteiger partial charge in [-0.25, -0.2) is 12.8 Å². The molecule has 3 rings (SSSR count). The number of carbonyl (C=O) groups excluding carboxylic acids is 1. The lowest BCUT2D eigenvalue weighted by Gasteiger charge is -2.36. The van der Waals surface area contributed by atoms with Gasteiger partial charge in [-0.3, -0.25) is 4.79 Å². The van der Waals surface area contributed by atoms with Crippen LogP contribution in [0.1, 0.15) is 32.1 Å². The van der Waals surface area contributed by atoms with Crippen LogP contribution in [0.15, 0.2) is 29.2 Å². The smallest absolute Gasteiger partial charge is 0.243 e. The lowest BCUT2D eigenvalue weighted by Crippen LogP contribution is -2.51. The molecule has 1 aliphatic heterocycles. The molecule has 1 amide bonds. The van der Waals surface area contributed by atoms with Crippen molar-refractivity contribution in [1.82, 2.24) is 14.5 Å². The maximum atomic E-state index is 13.1. The molecule has 6 nitrogen and oxygen atoms in total. The van der Waals surface area contributed by atoms with Gasteiger partial charge in [0.15, 0.2) is 0 Å². The Kier molecular flexibility index (Phi) is 5.88. The summed E-state index contributed by atoms with van der Waals surface area (Å²) in [4.78, 5) is 14.9. The lowest BCUT2D eigenvalue weighted by atomic mass is 9.95. The molecule has 1 atom stereocenters. The first-order valence-electron chi connectivity index (χ1n) is 9.45. The van der Waals surface area contributed by atoms with Gasteiger partial charge in [0.2, 0.25) is 15.9 Å². The normalized spacial score (nSPS) is 23.0. The minimum absolute atomic E-state index is 0.00807. The predicted molar refractivity (Wildman–Crippen MR) is 101 cm³/mol. The Morgan fingerprint density at radius 1 is 1.26 bits per heavy atom. The number of amides is 1. The Morgan fingerprint density at radius 3 is 2.48 bits per heavy atom. The number of rotatable bonds is 6. The minimum Gasteiger partial charge on any atom is -0.354 e. The molecule has 0 bridgehead atoms. The quantitative estimate of drug-likeness (QED) is 0.795. The summed E-state index contributed by atoms with van der Waals surface area (Å²) < 4.78 is 39.7. The van der Waals surface area contributed by atoms with E-state index in [-0.39, 0.29) is 28.8 Å². The molecule has 2 fully saturated rings. The van der Waals surface area contributed by atoms with Crippen LogP contribution in [0, 0.1) is 11.7 Å². The largest absolute Gasteiger partial charge is 0.354 e. The molecule has 1 aromatic carbocycles. The van der Waals surface area contributed by atoms with E-state index in [1.165, 1.54) is 29.3 Å². The highest BCUT2D eigenvalue weighted by Crippen LogP contribution is 2.33. The Bertz CT molecular complexity index is 774. The Balaban J connectivity index is 1.60. The number of benzene rings is 1. The zero-order valence-corrected chi connectivity index (χ0v) is 16.8. The van der Waals surface area contributed by atoms with E-state index in [0.717, 1.165) is 25.0 Å². The first-order valence-corrected chi connectivity index (χ1v) is 10.9. The standard InChI is InChI=1S/C19H28FN3O3S/c1-22(2)19(10-3-4-11-19)14-21-18(24)15-9-12-23(13-15)27(25,26)17-7-5-16(20)6-8-17/h5-8,15H,3-4,9-14H2,1-2H3,(H,21,24)/t15-/m0/s1. The molecule has 0 radical (unpaired) electrons. The Labute approximate surface area is 160 Å². The molecule has 0 spiro atoms. The zero-order valence-electron chi connectivity index (χ0n) is 15.9. The third kappa shape index (κ3) is 4.17. The van der Waals surface area contributed by atoms with Crippen LogP contribution in [0.5, 0.6) is 0 Å². The maximum Gasteiger partial charge on any atom is 0.243 e. The van der Waals surface area contributed by atoms with E-state index in [0.29, 0.717) is 19.5 Å². The van der Waals surface area contributed by atoms with E-state index in [1.807, 2.05) is 14.1 Å². The number of likely N-dealkylation sites (N-methyl/N-ethyl adjacent to an activating group) is 1. The van der Waals surface area contributed by atoms with Gasteiger partial charge in [0.25, 0.3) is 0 Å². The number of nitrogens with zero attached hydrogens (tertiary/aromatic N) is 2. The van der Waals surface area contributed by atoms with Gasteiger partial charge in [0.05, 0.1) is 10.8 Å². The summed E-state index contributed by atoms with van der Waals surface area (Å²) in [5.74, 6) is -0.907. The SMILES string of the molecule is CN(C)C1(CNC(=O)[C@H]2CCN(S(=O)(=O)c3ccc(F)cc3)C2)CCCC1. The van der Waals surface area contributed by atoms with E-state index in [9.17, 15) is 17.6 Å². The van der Waals surface area contributed by atoms with Crippen molar-refractivity contribution < 1.29 is 17.6 Å². The third-order valence-electron chi connectivity index (χ3n) is 6.05. The monoisotopic (exact) mass is 397 g/mol. The molecule has 1 saturated heterocycles. The molecule has 0 aromatic heterocycles. The highest BCUT2D eigenvalue weighted by atomic mass is 32.2. The first kappa shape index (κ1) is 20.2. The summed E-state index contributed by atoms with van der Waals surface area (Å²) >= 11 is 0. The van der Waals surface area contributed by atoms with Gasteiger partial charge in [-0.05, 0) is 57.6 Å². The van der Waals surface area contributed by atoms with Crippen LogP contribution in [-0.4, -0.2) is 62.8 Å². The Morgan fingerprint density at radius 2 is 1.89 bits per heavy atom. The highest BCUT2D eigenvalue weighted by Gasteiger charge is 2.39. The highest BCUT2D eigenvalue weighted by molar-refractivity contribution is 7.89. The average Bonchev–Trinajstić information content (AvgIpc) is 3.31. The first-order chi connectivity index (χ1) is 12.7. The molecule has 1 aromatic rings. The van der Waals surface area contributed by atoms with Crippen LogP contribution in [0.4, 0.5) is 4.39 Å². The molecular weight excluding hydrogens is 369 g/mol. The molecule has 1 heterocycles. The number of hydrogen-bond donors (Lipinski definition) is 1. The summed E-state index contributed by atoms with van der Waals surface area (Å²) in [5.41, 5.74) is 0.00807. The van der Waals surface area contributed by atoms with E-state index in [1.54, 1.807) is 0 Å². The third-order valence-corrected chi connectivity index (χ3v) is 7.93. The molecule has 0 unspecified atom stereocenters. The van der Waals surface area contributed by atoms with Crippen LogP contribution in [0.25, 0.3) is 0 Å². The topological polar surface area (TPSA) is 69.7 Å². The number of nitrogens with one attached hydrogen (secondary N) is 1. The molecule has 27 heavy (non-hydrogen) atoms. The maximum absolute atomic E-state index is 13.1. The number of carbonyl (C=O) groups is 1. The summed E-state index contributed by atoms with van der Waals surface area (Å²) in [6, 6.07) is 4.79. The van der Waals surface area contributed by atoms with Crippen LogP contribution < -0.4 is 5.32 Å². The van der Waals surface area contributed by atoms with Gasteiger partial charge in [0, 0.05) is 25.2 Å². The molecule has 8 heteroatoms. The molecular formula is C19H28FN3O3S. The van der Waals surface area contributed by atoms with Crippen LogP contribution in [0.3, 0.4) is 0 Å². The molecule has 1 N–H and O–H groups in total. The van der Waals surface area contributed by atoms with E-state index >= 15 is 0 Å². The predicted octanol–water partition coefficient (Wildman–Crippen LogP) is 1.83. The summed E-state index contributed by atoms with van der Waals surface area (Å²) in [5, 5.41) is 3.06. The van der Waals surface area contributed by atoms with Gasteiger partial charge in [-0.15, -0.1) is 0 Å². The van der Waals surface area contributed by atoms with E-state index in [4.69, 9.17) is 0 Å². The van der Waals surface area contributed by atoms with Crippen LogP contribution in [0.2, 0.25) is 0 Å². The lowest BCUT2D eigenvalue weighted by molar-refractivity contribution is -0.125. The summed E-state index contributed by atoms with van der Waals surface area (Å²) in [7, 11) is 0.392. The second-order valence-corrected chi connectivity index (χ2v) is 9.78. The van der Waals surface area contributed by atoms with Crippen molar-refractivity contribution in [3.63, 3.8) is 0 Å². The second-order valence-electron chi connectivity index (χ2n) is 7.85. The number of halogens is 1. The van der Waals surface area contributed by atoms with Gasteiger partial charge in [-0.1, -0.05) is 12.8 Å². The zero-order chi connectivity index (χ0) is 19.7. The van der Waals surface area contributed by atoms with E-state index < -0.39 is 15.8 Å². The van der Waals surface area contributed by atoms with Crippen molar-refractivity contribution in [2.24, 2.45) is 5.92 Å². The fraction of sp³-hybridized carbons (Fsp3) is 0.632. The number of hydrogen-bond acceptors (Lipinski definition) is 4. The van der Waals surface area contributed by atoms with E-state index in [2.05, 4.69) is 10.2 Å². The van der Waals surface area contributed by atoms with Gasteiger partial charge < -0.3 is 10.2 Å². The van der Waals surface area contributed by atoms with Crippen molar-refractivity contribution in [1.29, 1.82) is 0 Å². The molecule has 150 valence electrons.